The second kappa shape index (κ2) is 6.86. The molecule has 0 unspecified atom stereocenters. The molecule has 1 aliphatic rings. The lowest BCUT2D eigenvalue weighted by molar-refractivity contribution is 0.1000. The van der Waals surface area contributed by atoms with E-state index in [-0.39, 0.29) is 5.91 Å². The van der Waals surface area contributed by atoms with Crippen molar-refractivity contribution in [2.75, 3.05) is 19.6 Å². The molecular weight excluding hydrogens is 250 g/mol. The van der Waals surface area contributed by atoms with Crippen molar-refractivity contribution in [3.05, 3.63) is 34.9 Å². The number of primary amides is 1. The van der Waals surface area contributed by atoms with E-state index in [1.165, 1.54) is 18.4 Å². The summed E-state index contributed by atoms with van der Waals surface area (Å²) >= 11 is 0. The molecule has 110 valence electrons. The zero-order chi connectivity index (χ0) is 14.5. The molecule has 20 heavy (non-hydrogen) atoms. The summed E-state index contributed by atoms with van der Waals surface area (Å²) in [7, 11) is 0. The Kier molecular flexibility index (Phi) is 5.15. The molecule has 0 spiro atoms. The van der Waals surface area contributed by atoms with Crippen molar-refractivity contribution in [1.82, 2.24) is 10.2 Å². The summed E-state index contributed by atoms with van der Waals surface area (Å²) in [6, 6.07) is 6.44. The molecule has 1 fully saturated rings. The highest BCUT2D eigenvalue weighted by atomic mass is 16.1. The number of hydrogen-bond donors (Lipinski definition) is 2. The van der Waals surface area contributed by atoms with Gasteiger partial charge in [0.1, 0.15) is 0 Å². The average molecular weight is 275 g/mol. The Morgan fingerprint density at radius 3 is 2.65 bits per heavy atom. The van der Waals surface area contributed by atoms with E-state index >= 15 is 0 Å². The van der Waals surface area contributed by atoms with Gasteiger partial charge in [0.2, 0.25) is 5.91 Å². The van der Waals surface area contributed by atoms with Crippen LogP contribution in [0.4, 0.5) is 0 Å². The number of hydrogen-bond acceptors (Lipinski definition) is 3. The van der Waals surface area contributed by atoms with Gasteiger partial charge >= 0.3 is 0 Å². The molecule has 0 aromatic heterocycles. The van der Waals surface area contributed by atoms with E-state index in [0.717, 1.165) is 31.7 Å². The highest BCUT2D eigenvalue weighted by molar-refractivity contribution is 5.93. The number of amides is 1. The molecular formula is C16H25N3O. The largest absolute Gasteiger partial charge is 0.366 e. The molecule has 0 bridgehead atoms. The minimum Gasteiger partial charge on any atom is -0.366 e. The van der Waals surface area contributed by atoms with Crippen LogP contribution in [0, 0.1) is 6.92 Å². The summed E-state index contributed by atoms with van der Waals surface area (Å²) in [4.78, 5) is 13.7. The number of aryl methyl sites for hydroxylation is 1. The predicted octanol–water partition coefficient (Wildman–Crippen LogP) is 1.67. The molecule has 0 saturated carbocycles. The third-order valence-electron chi connectivity index (χ3n) is 4.23. The molecule has 0 radical (unpaired) electrons. The summed E-state index contributed by atoms with van der Waals surface area (Å²) in [6.07, 6.45) is 2.43. The SMILES string of the molecule is CCN(Cc1ccc(C(N)=O)cc1C)C1CCNCC1. The van der Waals surface area contributed by atoms with Gasteiger partial charge in [0.25, 0.3) is 0 Å². The predicted molar refractivity (Wildman–Crippen MR) is 81.7 cm³/mol. The molecule has 3 N–H and O–H groups in total. The minimum atomic E-state index is -0.356. The standard InChI is InChI=1S/C16H25N3O/c1-3-19(15-6-8-18-9-7-15)11-14-5-4-13(16(17)20)10-12(14)2/h4-5,10,15,18H,3,6-9,11H2,1-2H3,(H2,17,20). The van der Waals surface area contributed by atoms with Crippen molar-refractivity contribution in [3.8, 4) is 0 Å². The molecule has 1 aliphatic heterocycles. The Morgan fingerprint density at radius 2 is 2.10 bits per heavy atom. The number of carbonyl (C=O) groups excluding carboxylic acids is 1. The Hall–Kier alpha value is -1.39. The van der Waals surface area contributed by atoms with Gasteiger partial charge in [-0.1, -0.05) is 13.0 Å². The van der Waals surface area contributed by atoms with Gasteiger partial charge in [0.15, 0.2) is 0 Å². The highest BCUT2D eigenvalue weighted by Gasteiger charge is 2.20. The third-order valence-corrected chi connectivity index (χ3v) is 4.23. The topological polar surface area (TPSA) is 58.4 Å². The number of rotatable bonds is 5. The quantitative estimate of drug-likeness (QED) is 0.859. The summed E-state index contributed by atoms with van der Waals surface area (Å²) in [5, 5.41) is 3.41. The number of carbonyl (C=O) groups is 1. The van der Waals surface area contributed by atoms with E-state index in [2.05, 4.69) is 24.1 Å². The van der Waals surface area contributed by atoms with E-state index in [0.29, 0.717) is 11.6 Å². The first kappa shape index (κ1) is 15.0. The van der Waals surface area contributed by atoms with E-state index in [9.17, 15) is 4.79 Å². The average Bonchev–Trinajstić information content (AvgIpc) is 2.46. The third kappa shape index (κ3) is 3.58. The van der Waals surface area contributed by atoms with Crippen LogP contribution in [0.5, 0.6) is 0 Å². The molecule has 0 atom stereocenters. The zero-order valence-corrected chi connectivity index (χ0v) is 12.5. The Bertz CT molecular complexity index is 467. The lowest BCUT2D eigenvalue weighted by Crippen LogP contribution is -2.42. The smallest absolute Gasteiger partial charge is 0.248 e. The Balaban J connectivity index is 2.08. The van der Waals surface area contributed by atoms with Crippen molar-refractivity contribution in [2.45, 2.75) is 39.3 Å². The second-order valence-electron chi connectivity index (χ2n) is 5.55. The summed E-state index contributed by atoms with van der Waals surface area (Å²) in [5.41, 5.74) is 8.35. The van der Waals surface area contributed by atoms with Gasteiger partial charge in [0.05, 0.1) is 0 Å². The van der Waals surface area contributed by atoms with Crippen LogP contribution in [0.1, 0.15) is 41.3 Å². The normalized spacial score (nSPS) is 16.6. The number of piperidine rings is 1. The fourth-order valence-electron chi connectivity index (χ4n) is 2.92. The van der Waals surface area contributed by atoms with E-state index < -0.39 is 0 Å². The molecule has 1 aromatic rings. The number of benzene rings is 1. The van der Waals surface area contributed by atoms with Crippen LogP contribution >= 0.6 is 0 Å². The molecule has 0 aliphatic carbocycles. The maximum atomic E-state index is 11.2. The lowest BCUT2D eigenvalue weighted by atomic mass is 10.0. The summed E-state index contributed by atoms with van der Waals surface area (Å²) in [5.74, 6) is -0.356. The van der Waals surface area contributed by atoms with Crippen molar-refractivity contribution >= 4 is 5.91 Å². The first-order valence-corrected chi connectivity index (χ1v) is 7.46. The van der Waals surface area contributed by atoms with Gasteiger partial charge in [-0.25, -0.2) is 0 Å². The molecule has 1 saturated heterocycles. The molecule has 2 rings (SSSR count). The maximum Gasteiger partial charge on any atom is 0.248 e. The van der Waals surface area contributed by atoms with Gasteiger partial charge in [-0.2, -0.15) is 0 Å². The van der Waals surface area contributed by atoms with Gasteiger partial charge < -0.3 is 11.1 Å². The van der Waals surface area contributed by atoms with E-state index in [4.69, 9.17) is 5.73 Å². The second-order valence-corrected chi connectivity index (χ2v) is 5.55. The van der Waals surface area contributed by atoms with E-state index in [1.807, 2.05) is 18.2 Å². The van der Waals surface area contributed by atoms with Crippen LogP contribution in [0.25, 0.3) is 0 Å². The van der Waals surface area contributed by atoms with Crippen molar-refractivity contribution in [1.29, 1.82) is 0 Å². The number of nitrogens with zero attached hydrogens (tertiary/aromatic N) is 1. The Morgan fingerprint density at radius 1 is 1.40 bits per heavy atom. The lowest BCUT2D eigenvalue weighted by Gasteiger charge is -2.34. The van der Waals surface area contributed by atoms with Crippen LogP contribution in [0.2, 0.25) is 0 Å². The maximum absolute atomic E-state index is 11.2. The van der Waals surface area contributed by atoms with Crippen molar-refractivity contribution in [2.24, 2.45) is 5.73 Å². The van der Waals surface area contributed by atoms with Crippen LogP contribution in [0.3, 0.4) is 0 Å². The fourth-order valence-corrected chi connectivity index (χ4v) is 2.92. The molecule has 1 aromatic carbocycles. The van der Waals surface area contributed by atoms with Gasteiger partial charge in [-0.15, -0.1) is 0 Å². The van der Waals surface area contributed by atoms with Crippen LogP contribution in [0.15, 0.2) is 18.2 Å². The van der Waals surface area contributed by atoms with Gasteiger partial charge in [-0.3, -0.25) is 9.69 Å². The minimum absolute atomic E-state index is 0.356. The molecule has 1 heterocycles. The van der Waals surface area contributed by atoms with E-state index in [1.54, 1.807) is 0 Å². The molecule has 4 heteroatoms. The fraction of sp³-hybridized carbons (Fsp3) is 0.562. The van der Waals surface area contributed by atoms with Crippen molar-refractivity contribution < 1.29 is 4.79 Å². The number of nitrogens with two attached hydrogens (primary N) is 1. The first-order chi connectivity index (χ1) is 9.61. The van der Waals surface area contributed by atoms with Crippen LogP contribution < -0.4 is 11.1 Å². The zero-order valence-electron chi connectivity index (χ0n) is 12.5. The molecule has 4 nitrogen and oxygen atoms in total. The van der Waals surface area contributed by atoms with Crippen LogP contribution in [-0.2, 0) is 6.54 Å². The summed E-state index contributed by atoms with van der Waals surface area (Å²) < 4.78 is 0. The Labute approximate surface area is 121 Å². The first-order valence-electron chi connectivity index (χ1n) is 7.46. The van der Waals surface area contributed by atoms with Crippen LogP contribution in [-0.4, -0.2) is 36.5 Å². The van der Waals surface area contributed by atoms with Gasteiger partial charge in [0, 0.05) is 18.2 Å². The number of nitrogens with one attached hydrogen (secondary N) is 1. The molecule has 1 amide bonds. The van der Waals surface area contributed by atoms with Gasteiger partial charge in [-0.05, 0) is 62.7 Å². The highest BCUT2D eigenvalue weighted by Crippen LogP contribution is 2.18. The monoisotopic (exact) mass is 275 g/mol. The summed E-state index contributed by atoms with van der Waals surface area (Å²) in [6.45, 7) is 8.50. The van der Waals surface area contributed by atoms with Crippen molar-refractivity contribution in [3.63, 3.8) is 0 Å².